The van der Waals surface area contributed by atoms with E-state index in [1.54, 1.807) is 27.8 Å². The van der Waals surface area contributed by atoms with Gasteiger partial charge in [-0.3, -0.25) is 9.78 Å². The molecule has 156 valence electrons. The Labute approximate surface area is 178 Å². The molecule has 1 atom stereocenters. The van der Waals surface area contributed by atoms with E-state index in [4.69, 9.17) is 5.73 Å². The Morgan fingerprint density at radius 3 is 2.77 bits per heavy atom. The van der Waals surface area contributed by atoms with E-state index >= 15 is 4.39 Å². The van der Waals surface area contributed by atoms with Gasteiger partial charge in [-0.1, -0.05) is 6.07 Å². The molecule has 4 aromatic rings. The number of nitrogens with zero attached hydrogens (tertiary/aromatic N) is 5. The zero-order valence-corrected chi connectivity index (χ0v) is 17.2. The van der Waals surface area contributed by atoms with Crippen molar-refractivity contribution in [1.29, 1.82) is 0 Å². The van der Waals surface area contributed by atoms with Crippen LogP contribution in [0.3, 0.4) is 0 Å². The number of anilines is 2. The van der Waals surface area contributed by atoms with E-state index in [2.05, 4.69) is 15.0 Å². The van der Waals surface area contributed by atoms with Crippen LogP contribution in [0, 0.1) is 12.7 Å². The van der Waals surface area contributed by atoms with E-state index in [0.29, 0.717) is 46.6 Å². The van der Waals surface area contributed by atoms with Crippen LogP contribution < -0.4 is 10.6 Å². The maximum atomic E-state index is 15.2. The first-order chi connectivity index (χ1) is 14.9. The first-order valence-electron chi connectivity index (χ1n) is 10.0. The molecule has 0 saturated carbocycles. The zero-order valence-electron chi connectivity index (χ0n) is 17.2. The number of carbonyl (C=O) groups excluding carboxylic acids is 1. The zero-order chi connectivity index (χ0) is 21.7. The molecule has 3 aromatic heterocycles. The van der Waals surface area contributed by atoms with Gasteiger partial charge in [0.1, 0.15) is 23.6 Å². The SMILES string of the molecule is Cc1cccc(C2CC(=O)N(c3ccc(-c4cn(C)c5ncnc(N)c45)c(F)c3)C2)n1. The molecule has 31 heavy (non-hydrogen) atoms. The lowest BCUT2D eigenvalue weighted by molar-refractivity contribution is -0.117. The molecule has 0 aliphatic carbocycles. The molecule has 8 heteroatoms. The summed E-state index contributed by atoms with van der Waals surface area (Å²) in [5, 5.41) is 0.611. The van der Waals surface area contributed by atoms with Crippen LogP contribution in [0.5, 0.6) is 0 Å². The lowest BCUT2D eigenvalue weighted by atomic mass is 10.0. The smallest absolute Gasteiger partial charge is 0.227 e. The van der Waals surface area contributed by atoms with Crippen LogP contribution in [0.15, 0.2) is 48.9 Å². The van der Waals surface area contributed by atoms with Gasteiger partial charge in [0, 0.05) is 60.3 Å². The number of carbonyl (C=O) groups is 1. The second-order valence-electron chi connectivity index (χ2n) is 7.88. The summed E-state index contributed by atoms with van der Waals surface area (Å²) in [7, 11) is 1.83. The number of halogens is 1. The molecule has 2 N–H and O–H groups in total. The molecule has 0 bridgehead atoms. The van der Waals surface area contributed by atoms with Crippen LogP contribution in [-0.2, 0) is 11.8 Å². The minimum Gasteiger partial charge on any atom is -0.383 e. The molecule has 1 aliphatic rings. The number of amides is 1. The second-order valence-corrected chi connectivity index (χ2v) is 7.88. The van der Waals surface area contributed by atoms with Gasteiger partial charge in [-0.25, -0.2) is 14.4 Å². The van der Waals surface area contributed by atoms with Gasteiger partial charge < -0.3 is 15.2 Å². The minimum absolute atomic E-state index is 0.00912. The summed E-state index contributed by atoms with van der Waals surface area (Å²) in [5.74, 6) is -0.182. The minimum atomic E-state index is -0.432. The van der Waals surface area contributed by atoms with E-state index < -0.39 is 5.82 Å². The van der Waals surface area contributed by atoms with Crippen molar-refractivity contribution >= 4 is 28.4 Å². The molecule has 4 heterocycles. The third-order valence-electron chi connectivity index (χ3n) is 5.79. The molecule has 1 amide bonds. The summed E-state index contributed by atoms with van der Waals surface area (Å²) >= 11 is 0. The average molecular weight is 416 g/mol. The Balaban J connectivity index is 1.49. The molecular weight excluding hydrogens is 395 g/mol. The molecule has 5 rings (SSSR count). The first kappa shape index (κ1) is 19.2. The number of fused-ring (bicyclic) bond motifs is 1. The normalized spacial score (nSPS) is 16.4. The van der Waals surface area contributed by atoms with E-state index in [1.807, 2.05) is 32.2 Å². The molecule has 1 aliphatic heterocycles. The Morgan fingerprint density at radius 1 is 1.16 bits per heavy atom. The number of aromatic nitrogens is 4. The quantitative estimate of drug-likeness (QED) is 0.551. The average Bonchev–Trinajstić information content (AvgIpc) is 3.29. The van der Waals surface area contributed by atoms with Crippen molar-refractivity contribution in [3.05, 3.63) is 66.1 Å². The van der Waals surface area contributed by atoms with Crippen molar-refractivity contribution < 1.29 is 9.18 Å². The van der Waals surface area contributed by atoms with Crippen LogP contribution >= 0.6 is 0 Å². The summed E-state index contributed by atoms with van der Waals surface area (Å²) in [6.07, 6.45) is 3.53. The van der Waals surface area contributed by atoms with Crippen molar-refractivity contribution in [1.82, 2.24) is 19.5 Å². The van der Waals surface area contributed by atoms with Gasteiger partial charge in [0.2, 0.25) is 5.91 Å². The summed E-state index contributed by atoms with van der Waals surface area (Å²) in [4.78, 5) is 27.1. The highest BCUT2D eigenvalue weighted by atomic mass is 19.1. The van der Waals surface area contributed by atoms with E-state index in [9.17, 15) is 4.79 Å². The van der Waals surface area contributed by atoms with E-state index in [-0.39, 0.29) is 11.8 Å². The van der Waals surface area contributed by atoms with Crippen molar-refractivity contribution in [2.24, 2.45) is 7.05 Å². The molecule has 1 unspecified atom stereocenters. The van der Waals surface area contributed by atoms with Crippen LogP contribution in [0.25, 0.3) is 22.2 Å². The fourth-order valence-corrected chi connectivity index (χ4v) is 4.28. The lowest BCUT2D eigenvalue weighted by Gasteiger charge is -2.18. The maximum Gasteiger partial charge on any atom is 0.227 e. The highest BCUT2D eigenvalue weighted by Crippen LogP contribution is 2.37. The van der Waals surface area contributed by atoms with Gasteiger partial charge in [-0.15, -0.1) is 0 Å². The number of nitrogens with two attached hydrogens (primary N) is 1. The van der Waals surface area contributed by atoms with Gasteiger partial charge in [-0.2, -0.15) is 0 Å². The van der Waals surface area contributed by atoms with Gasteiger partial charge in [-0.05, 0) is 37.3 Å². The molecule has 1 aromatic carbocycles. The third kappa shape index (κ3) is 3.20. The van der Waals surface area contributed by atoms with E-state index in [0.717, 1.165) is 11.4 Å². The second kappa shape index (κ2) is 7.16. The van der Waals surface area contributed by atoms with Crippen molar-refractivity contribution in [3.63, 3.8) is 0 Å². The van der Waals surface area contributed by atoms with Crippen molar-refractivity contribution in [3.8, 4) is 11.1 Å². The lowest BCUT2D eigenvalue weighted by Crippen LogP contribution is -2.24. The molecule has 0 spiro atoms. The number of nitrogen functional groups attached to an aromatic ring is 1. The largest absolute Gasteiger partial charge is 0.383 e. The van der Waals surface area contributed by atoms with E-state index in [1.165, 1.54) is 12.4 Å². The maximum absolute atomic E-state index is 15.2. The number of aryl methyl sites for hydroxylation is 2. The van der Waals surface area contributed by atoms with Gasteiger partial charge in [0.05, 0.1) is 5.39 Å². The summed E-state index contributed by atoms with van der Waals surface area (Å²) in [6, 6.07) is 10.7. The highest BCUT2D eigenvalue weighted by Gasteiger charge is 2.33. The topological polar surface area (TPSA) is 89.9 Å². The number of pyridine rings is 1. The molecule has 7 nitrogen and oxygen atoms in total. The molecule has 0 radical (unpaired) electrons. The van der Waals surface area contributed by atoms with Gasteiger partial charge in [0.25, 0.3) is 0 Å². The summed E-state index contributed by atoms with van der Waals surface area (Å²) in [5.41, 5.74) is 10.0. The number of benzene rings is 1. The van der Waals surface area contributed by atoms with Crippen LogP contribution in [0.1, 0.15) is 23.7 Å². The molecule has 1 saturated heterocycles. The Kier molecular flexibility index (Phi) is 4.43. The monoisotopic (exact) mass is 416 g/mol. The van der Waals surface area contributed by atoms with Crippen LogP contribution in [-0.4, -0.2) is 32.0 Å². The number of rotatable bonds is 3. The van der Waals surface area contributed by atoms with Gasteiger partial charge in [0.15, 0.2) is 0 Å². The predicted molar refractivity (Wildman–Crippen MR) is 117 cm³/mol. The molecular formula is C23H21FN6O. The van der Waals surface area contributed by atoms with Crippen molar-refractivity contribution in [2.45, 2.75) is 19.3 Å². The predicted octanol–water partition coefficient (Wildman–Crippen LogP) is 3.58. The van der Waals surface area contributed by atoms with Crippen LogP contribution in [0.2, 0.25) is 0 Å². The third-order valence-corrected chi connectivity index (χ3v) is 5.79. The number of hydrogen-bond donors (Lipinski definition) is 1. The van der Waals surface area contributed by atoms with Gasteiger partial charge >= 0.3 is 0 Å². The standard InChI is InChI=1S/C23H21FN6O/c1-13-4-3-5-19(28-13)14-8-20(31)30(10-14)15-6-7-16(18(24)9-15)17-11-29(2)23-21(17)22(25)26-12-27-23/h3-7,9,11-12,14H,8,10H2,1-2H3,(H2,25,26,27). The van der Waals surface area contributed by atoms with Crippen molar-refractivity contribution in [2.75, 3.05) is 17.2 Å². The fraction of sp³-hybridized carbons (Fsp3) is 0.217. The Morgan fingerprint density at radius 2 is 2.00 bits per heavy atom. The Bertz CT molecular complexity index is 1330. The Hall–Kier alpha value is -3.81. The summed E-state index contributed by atoms with van der Waals surface area (Å²) < 4.78 is 17.0. The fourth-order valence-electron chi connectivity index (χ4n) is 4.28. The summed E-state index contributed by atoms with van der Waals surface area (Å²) in [6.45, 7) is 2.40. The number of hydrogen-bond acceptors (Lipinski definition) is 5. The molecule has 1 fully saturated rings. The van der Waals surface area contributed by atoms with Crippen LogP contribution in [0.4, 0.5) is 15.9 Å². The first-order valence-corrected chi connectivity index (χ1v) is 10.0. The highest BCUT2D eigenvalue weighted by molar-refractivity contribution is 6.01.